The van der Waals surface area contributed by atoms with Gasteiger partial charge in [-0.15, -0.1) is 21.5 Å². The third kappa shape index (κ3) is 6.17. The highest BCUT2D eigenvalue weighted by atomic mass is 32.2. The van der Waals surface area contributed by atoms with E-state index in [2.05, 4.69) is 15.5 Å². The van der Waals surface area contributed by atoms with Crippen LogP contribution in [0, 0.1) is 0 Å². The Morgan fingerprint density at radius 1 is 1.09 bits per heavy atom. The molecule has 1 aromatic carbocycles. The standard InChI is InChI=1S/C21H24N4O6S2/c1-4-28-14-9-12(10-15(29-5-2)17(14)30-6-3)19-24-25-21(31-19)33-11-16(26)23-20-13(18(22)27)7-8-32-20/h7-10H,4-6,11H2,1-3H3,(H2,22,27)(H,23,26). The van der Waals surface area contributed by atoms with Crippen molar-refractivity contribution in [1.82, 2.24) is 10.2 Å². The first-order chi connectivity index (χ1) is 16.0. The van der Waals surface area contributed by atoms with Gasteiger partial charge in [0.1, 0.15) is 5.00 Å². The van der Waals surface area contributed by atoms with Crippen molar-refractivity contribution in [3.05, 3.63) is 29.1 Å². The van der Waals surface area contributed by atoms with Crippen LogP contribution in [0.5, 0.6) is 17.2 Å². The Bertz CT molecular complexity index is 1090. The molecule has 0 bridgehead atoms. The van der Waals surface area contributed by atoms with E-state index in [0.717, 1.165) is 11.8 Å². The van der Waals surface area contributed by atoms with Crippen molar-refractivity contribution in [2.45, 2.75) is 26.0 Å². The number of carbonyl (C=O) groups is 2. The molecule has 0 spiro atoms. The first-order valence-corrected chi connectivity index (χ1v) is 12.0. The number of ether oxygens (including phenoxy) is 3. The first-order valence-electron chi connectivity index (χ1n) is 10.2. The summed E-state index contributed by atoms with van der Waals surface area (Å²) >= 11 is 2.29. The van der Waals surface area contributed by atoms with Crippen molar-refractivity contribution in [1.29, 1.82) is 0 Å². The number of carbonyl (C=O) groups excluding carboxylic acids is 2. The van der Waals surface area contributed by atoms with Gasteiger partial charge < -0.3 is 29.7 Å². The molecule has 3 N–H and O–H groups in total. The van der Waals surface area contributed by atoms with E-state index in [-0.39, 0.29) is 28.3 Å². The molecule has 176 valence electrons. The quantitative estimate of drug-likeness (QED) is 0.361. The van der Waals surface area contributed by atoms with Gasteiger partial charge in [-0.25, -0.2) is 0 Å². The highest BCUT2D eigenvalue weighted by molar-refractivity contribution is 7.99. The van der Waals surface area contributed by atoms with Crippen molar-refractivity contribution in [2.75, 3.05) is 30.9 Å². The number of thioether (sulfide) groups is 1. The Labute approximate surface area is 198 Å². The van der Waals surface area contributed by atoms with E-state index in [1.807, 2.05) is 20.8 Å². The molecular formula is C21H24N4O6S2. The Hall–Kier alpha value is -3.25. The molecule has 2 aromatic heterocycles. The van der Waals surface area contributed by atoms with Gasteiger partial charge in [0.2, 0.25) is 17.5 Å². The zero-order chi connectivity index (χ0) is 23.8. The van der Waals surface area contributed by atoms with Crippen LogP contribution in [0.2, 0.25) is 0 Å². The number of nitrogens with two attached hydrogens (primary N) is 1. The molecule has 12 heteroatoms. The molecule has 0 fully saturated rings. The number of thiophene rings is 1. The van der Waals surface area contributed by atoms with Crippen molar-refractivity contribution >= 4 is 39.9 Å². The second-order valence-electron chi connectivity index (χ2n) is 6.34. The van der Waals surface area contributed by atoms with Gasteiger partial charge in [-0.3, -0.25) is 9.59 Å². The summed E-state index contributed by atoms with van der Waals surface area (Å²) in [6.07, 6.45) is 0. The summed E-state index contributed by atoms with van der Waals surface area (Å²) in [4.78, 5) is 23.6. The summed E-state index contributed by atoms with van der Waals surface area (Å²) in [5, 5.41) is 13.0. The van der Waals surface area contributed by atoms with E-state index in [4.69, 9.17) is 24.4 Å². The highest BCUT2D eigenvalue weighted by Gasteiger charge is 2.19. The number of nitrogens with one attached hydrogen (secondary N) is 1. The van der Waals surface area contributed by atoms with E-state index in [0.29, 0.717) is 47.6 Å². The summed E-state index contributed by atoms with van der Waals surface area (Å²) < 4.78 is 22.9. The van der Waals surface area contributed by atoms with Gasteiger partial charge in [0, 0.05) is 5.56 Å². The SMILES string of the molecule is CCOc1cc(-c2nnc(SCC(=O)Nc3sccc3C(N)=O)o2)cc(OCC)c1OCC. The summed E-state index contributed by atoms with van der Waals surface area (Å²) in [6, 6.07) is 5.05. The maximum atomic E-state index is 12.3. The molecule has 10 nitrogen and oxygen atoms in total. The molecule has 3 rings (SSSR count). The lowest BCUT2D eigenvalue weighted by molar-refractivity contribution is -0.113. The second kappa shape index (κ2) is 11.6. The van der Waals surface area contributed by atoms with Crippen LogP contribution < -0.4 is 25.3 Å². The van der Waals surface area contributed by atoms with E-state index in [1.165, 1.54) is 11.3 Å². The predicted octanol–water partition coefficient (Wildman–Crippen LogP) is 3.82. The lowest BCUT2D eigenvalue weighted by Crippen LogP contribution is -2.17. The minimum atomic E-state index is -0.603. The van der Waals surface area contributed by atoms with Crippen LogP contribution in [-0.4, -0.2) is 47.6 Å². The van der Waals surface area contributed by atoms with Crippen LogP contribution in [-0.2, 0) is 4.79 Å². The van der Waals surface area contributed by atoms with Crippen LogP contribution in [0.1, 0.15) is 31.1 Å². The Kier molecular flexibility index (Phi) is 8.55. The normalized spacial score (nSPS) is 10.6. The third-order valence-corrected chi connectivity index (χ3v) is 5.72. The van der Waals surface area contributed by atoms with Crippen LogP contribution in [0.4, 0.5) is 5.00 Å². The minimum absolute atomic E-state index is 0.00933. The molecule has 0 saturated heterocycles. The molecule has 0 atom stereocenters. The van der Waals surface area contributed by atoms with Gasteiger partial charge in [0.15, 0.2) is 11.5 Å². The molecule has 0 saturated carbocycles. The number of amides is 2. The lowest BCUT2D eigenvalue weighted by Gasteiger charge is -2.16. The number of nitrogens with zero attached hydrogens (tertiary/aromatic N) is 2. The molecule has 33 heavy (non-hydrogen) atoms. The topological polar surface area (TPSA) is 139 Å². The predicted molar refractivity (Wildman–Crippen MR) is 125 cm³/mol. The molecular weight excluding hydrogens is 468 g/mol. The fraction of sp³-hybridized carbons (Fsp3) is 0.333. The van der Waals surface area contributed by atoms with Gasteiger partial charge in [-0.05, 0) is 44.4 Å². The summed E-state index contributed by atoms with van der Waals surface area (Å²) in [5.41, 5.74) is 6.16. The van der Waals surface area contributed by atoms with Crippen LogP contribution in [0.15, 0.2) is 33.2 Å². The Morgan fingerprint density at radius 2 is 1.76 bits per heavy atom. The zero-order valence-electron chi connectivity index (χ0n) is 18.4. The number of benzene rings is 1. The van der Waals surface area contributed by atoms with E-state index in [9.17, 15) is 9.59 Å². The van der Waals surface area contributed by atoms with Crippen molar-refractivity contribution in [3.63, 3.8) is 0 Å². The molecule has 3 aromatic rings. The summed E-state index contributed by atoms with van der Waals surface area (Å²) in [5.74, 6) is 0.852. The number of primary amides is 1. The zero-order valence-corrected chi connectivity index (χ0v) is 20.0. The third-order valence-electron chi connectivity index (χ3n) is 4.07. The summed E-state index contributed by atoms with van der Waals surface area (Å²) in [7, 11) is 0. The molecule has 2 heterocycles. The fourth-order valence-corrected chi connectivity index (χ4v) is 4.16. The number of anilines is 1. The second-order valence-corrected chi connectivity index (χ2v) is 8.18. The van der Waals surface area contributed by atoms with Gasteiger partial charge >= 0.3 is 0 Å². The van der Waals surface area contributed by atoms with Crippen LogP contribution in [0.3, 0.4) is 0 Å². The van der Waals surface area contributed by atoms with Gasteiger partial charge in [0.25, 0.3) is 11.1 Å². The molecule has 0 radical (unpaired) electrons. The van der Waals surface area contributed by atoms with Crippen LogP contribution >= 0.6 is 23.1 Å². The number of aromatic nitrogens is 2. The summed E-state index contributed by atoms with van der Waals surface area (Å²) in [6.45, 7) is 6.96. The molecule has 0 unspecified atom stereocenters. The van der Waals surface area contributed by atoms with Crippen molar-refractivity contribution in [3.8, 4) is 28.7 Å². The highest BCUT2D eigenvalue weighted by Crippen LogP contribution is 2.42. The minimum Gasteiger partial charge on any atom is -0.490 e. The Morgan fingerprint density at radius 3 is 2.36 bits per heavy atom. The fourth-order valence-electron chi connectivity index (χ4n) is 2.79. The molecule has 0 aliphatic carbocycles. The maximum absolute atomic E-state index is 12.3. The van der Waals surface area contributed by atoms with E-state index in [1.54, 1.807) is 23.6 Å². The lowest BCUT2D eigenvalue weighted by atomic mass is 10.2. The first kappa shape index (κ1) is 24.4. The Balaban J connectivity index is 1.73. The van der Waals surface area contributed by atoms with Gasteiger partial charge in [0.05, 0.1) is 31.1 Å². The molecule has 0 aliphatic heterocycles. The van der Waals surface area contributed by atoms with Gasteiger partial charge in [-0.2, -0.15) is 0 Å². The average Bonchev–Trinajstić information content (AvgIpc) is 3.44. The molecule has 0 aliphatic rings. The van der Waals surface area contributed by atoms with Crippen LogP contribution in [0.25, 0.3) is 11.5 Å². The van der Waals surface area contributed by atoms with Crippen molar-refractivity contribution in [2.24, 2.45) is 5.73 Å². The monoisotopic (exact) mass is 492 g/mol. The maximum Gasteiger partial charge on any atom is 0.277 e. The van der Waals surface area contributed by atoms with E-state index < -0.39 is 5.91 Å². The number of rotatable bonds is 12. The number of hydrogen-bond donors (Lipinski definition) is 2. The van der Waals surface area contributed by atoms with Gasteiger partial charge in [-0.1, -0.05) is 11.8 Å². The molecule has 2 amide bonds. The average molecular weight is 493 g/mol. The van der Waals surface area contributed by atoms with Crippen molar-refractivity contribution < 1.29 is 28.2 Å². The smallest absolute Gasteiger partial charge is 0.277 e. The van der Waals surface area contributed by atoms with E-state index >= 15 is 0 Å². The number of hydrogen-bond acceptors (Lipinski definition) is 10. The largest absolute Gasteiger partial charge is 0.490 e.